The van der Waals surface area contributed by atoms with E-state index in [0.717, 1.165) is 82.2 Å². The lowest BCUT2D eigenvalue weighted by molar-refractivity contribution is 0.0331. The molecule has 11 heteroatoms. The van der Waals surface area contributed by atoms with E-state index >= 15 is 0 Å². The number of anilines is 2. The second-order valence-electron chi connectivity index (χ2n) is 8.93. The molecule has 5 rings (SSSR count). The third-order valence-electron chi connectivity index (χ3n) is 6.88. The first-order chi connectivity index (χ1) is 17.1. The Morgan fingerprint density at radius 3 is 2.29 bits per heavy atom. The van der Waals surface area contributed by atoms with Crippen LogP contribution in [0.4, 0.5) is 11.8 Å². The molecule has 0 aliphatic carbocycles. The van der Waals surface area contributed by atoms with Gasteiger partial charge in [0, 0.05) is 65.0 Å². The number of nitrogens with zero attached hydrogens (tertiary/aromatic N) is 7. The molecule has 11 nitrogen and oxygen atoms in total. The van der Waals surface area contributed by atoms with Crippen molar-refractivity contribution >= 4 is 22.8 Å². The highest BCUT2D eigenvalue weighted by atomic mass is 16.5. The van der Waals surface area contributed by atoms with E-state index in [1.807, 2.05) is 25.2 Å². The smallest absolute Gasteiger partial charge is 0.228 e. The molecule has 2 saturated heterocycles. The minimum atomic E-state index is 0.532. The number of benzene rings is 1. The van der Waals surface area contributed by atoms with Crippen LogP contribution in [0.2, 0.25) is 0 Å². The number of aryl methyl sites for hydroxylation is 1. The highest BCUT2D eigenvalue weighted by molar-refractivity contribution is 5.99. The van der Waals surface area contributed by atoms with Crippen LogP contribution in [0.1, 0.15) is 0 Å². The maximum atomic E-state index is 6.38. The summed E-state index contributed by atoms with van der Waals surface area (Å²) in [6, 6.07) is 5.75. The zero-order valence-electron chi connectivity index (χ0n) is 20.7. The molecule has 0 spiro atoms. The molecule has 0 saturated carbocycles. The van der Waals surface area contributed by atoms with Crippen LogP contribution in [0, 0.1) is 0 Å². The fraction of sp³-hybridized carbons (Fsp3) is 0.542. The summed E-state index contributed by atoms with van der Waals surface area (Å²) in [5, 5.41) is 5.30. The average Bonchev–Trinajstić information content (AvgIpc) is 3.20. The van der Waals surface area contributed by atoms with Gasteiger partial charge in [-0.15, -0.1) is 0 Å². The Bertz CT molecular complexity index is 1170. The predicted molar refractivity (Wildman–Crippen MR) is 135 cm³/mol. The second kappa shape index (κ2) is 10.2. The molecule has 0 unspecified atom stereocenters. The Balaban J connectivity index is 1.38. The lowest BCUT2D eigenvalue weighted by Crippen LogP contribution is -2.49. The Morgan fingerprint density at radius 1 is 0.914 bits per heavy atom. The summed E-state index contributed by atoms with van der Waals surface area (Å²) in [5.74, 6) is 2.50. The molecule has 0 radical (unpaired) electrons. The normalized spacial score (nSPS) is 17.7. The molecule has 2 aliphatic rings. The summed E-state index contributed by atoms with van der Waals surface area (Å²) in [6.07, 6.45) is 0. The zero-order valence-corrected chi connectivity index (χ0v) is 20.7. The minimum absolute atomic E-state index is 0.532. The van der Waals surface area contributed by atoms with Crippen LogP contribution >= 0.6 is 0 Å². The third-order valence-corrected chi connectivity index (χ3v) is 6.88. The van der Waals surface area contributed by atoms with Gasteiger partial charge in [0.15, 0.2) is 17.1 Å². The van der Waals surface area contributed by atoms with Gasteiger partial charge in [0.2, 0.25) is 5.95 Å². The number of methoxy groups -OCH3 is 2. The lowest BCUT2D eigenvalue weighted by Gasteiger charge is -2.36. The van der Waals surface area contributed by atoms with Gasteiger partial charge in [-0.05, 0) is 18.2 Å². The quantitative estimate of drug-likeness (QED) is 0.526. The summed E-state index contributed by atoms with van der Waals surface area (Å²) >= 11 is 0. The molecule has 4 heterocycles. The van der Waals surface area contributed by atoms with Crippen molar-refractivity contribution in [2.45, 2.75) is 0 Å². The van der Waals surface area contributed by atoms with Crippen LogP contribution in [0.25, 0.3) is 22.3 Å². The number of aromatic nitrogens is 4. The van der Waals surface area contributed by atoms with Gasteiger partial charge in [0.25, 0.3) is 0 Å². The van der Waals surface area contributed by atoms with Crippen LogP contribution in [0.15, 0.2) is 18.2 Å². The lowest BCUT2D eigenvalue weighted by atomic mass is 10.1. The van der Waals surface area contributed by atoms with Crippen molar-refractivity contribution in [1.82, 2.24) is 29.5 Å². The van der Waals surface area contributed by atoms with Gasteiger partial charge >= 0.3 is 0 Å². The van der Waals surface area contributed by atoms with Crippen LogP contribution in [0.5, 0.6) is 11.5 Å². The third kappa shape index (κ3) is 4.84. The average molecular weight is 483 g/mol. The molecule has 2 aliphatic heterocycles. The monoisotopic (exact) mass is 482 g/mol. The Kier molecular flexibility index (Phi) is 6.89. The highest BCUT2D eigenvalue weighted by Crippen LogP contribution is 2.36. The number of ether oxygens (including phenoxy) is 3. The van der Waals surface area contributed by atoms with E-state index in [2.05, 4.69) is 19.8 Å². The number of piperazine rings is 1. The van der Waals surface area contributed by atoms with Crippen molar-refractivity contribution in [2.75, 3.05) is 90.4 Å². The summed E-state index contributed by atoms with van der Waals surface area (Å²) in [4.78, 5) is 17.0. The largest absolute Gasteiger partial charge is 0.493 e. The molecule has 35 heavy (non-hydrogen) atoms. The van der Waals surface area contributed by atoms with E-state index in [0.29, 0.717) is 28.9 Å². The van der Waals surface area contributed by atoms with Gasteiger partial charge in [-0.25, -0.2) is 4.98 Å². The summed E-state index contributed by atoms with van der Waals surface area (Å²) in [6.45, 7) is 9.57. The van der Waals surface area contributed by atoms with Crippen molar-refractivity contribution in [3.05, 3.63) is 18.2 Å². The molecular formula is C24H34N8O3. The van der Waals surface area contributed by atoms with Crippen molar-refractivity contribution in [2.24, 2.45) is 7.05 Å². The maximum absolute atomic E-state index is 6.38. The van der Waals surface area contributed by atoms with Crippen LogP contribution in [0.3, 0.4) is 0 Å². The van der Waals surface area contributed by atoms with E-state index in [9.17, 15) is 0 Å². The number of nitrogens with two attached hydrogens (primary N) is 1. The fourth-order valence-electron chi connectivity index (χ4n) is 4.72. The van der Waals surface area contributed by atoms with Gasteiger partial charge in [-0.1, -0.05) is 0 Å². The minimum Gasteiger partial charge on any atom is -0.493 e. The summed E-state index contributed by atoms with van der Waals surface area (Å²) < 4.78 is 18.0. The van der Waals surface area contributed by atoms with E-state index in [-0.39, 0.29) is 0 Å². The van der Waals surface area contributed by atoms with E-state index < -0.39 is 0 Å². The standard InChI is InChI=1S/C24H34N8O3/c1-29-22(25)20-21(17-4-5-18(33-2)19(16-17)34-3)26-24(27-23(20)28-29)32-10-8-30(9-11-32)6-7-31-12-14-35-15-13-31/h4-5,16H,6-15,25H2,1-3H3. The first-order valence-corrected chi connectivity index (χ1v) is 12.1. The first-order valence-electron chi connectivity index (χ1n) is 12.1. The van der Waals surface area contributed by atoms with Crippen LogP contribution in [-0.2, 0) is 11.8 Å². The SMILES string of the molecule is COc1ccc(-c2nc(N3CCN(CCN4CCOCC4)CC3)nc3nn(C)c(N)c23)cc1OC. The number of rotatable bonds is 7. The van der Waals surface area contributed by atoms with E-state index in [4.69, 9.17) is 29.9 Å². The Hall–Kier alpha value is -3.15. The van der Waals surface area contributed by atoms with Gasteiger partial charge in [0.1, 0.15) is 5.82 Å². The molecule has 2 N–H and O–H groups in total. The van der Waals surface area contributed by atoms with Crippen molar-refractivity contribution in [1.29, 1.82) is 0 Å². The molecule has 0 atom stereocenters. The Labute approximate surface area is 205 Å². The van der Waals surface area contributed by atoms with Crippen LogP contribution < -0.4 is 20.1 Å². The first kappa shape index (κ1) is 23.6. The summed E-state index contributed by atoms with van der Waals surface area (Å²) in [7, 11) is 5.07. The zero-order chi connectivity index (χ0) is 24.4. The molecule has 3 aromatic rings. The topological polar surface area (TPSA) is 107 Å². The van der Waals surface area contributed by atoms with E-state index in [1.54, 1.807) is 18.9 Å². The van der Waals surface area contributed by atoms with Crippen molar-refractivity contribution < 1.29 is 14.2 Å². The molecule has 2 aromatic heterocycles. The summed E-state index contributed by atoms with van der Waals surface area (Å²) in [5.41, 5.74) is 8.59. The Morgan fingerprint density at radius 2 is 1.60 bits per heavy atom. The predicted octanol–water partition coefficient (Wildman–Crippen LogP) is 1.08. The highest BCUT2D eigenvalue weighted by Gasteiger charge is 2.24. The molecule has 188 valence electrons. The molecule has 0 bridgehead atoms. The molecule has 1 aromatic carbocycles. The van der Waals surface area contributed by atoms with Gasteiger partial charge in [0.05, 0.1) is 38.5 Å². The number of fused-ring (bicyclic) bond motifs is 1. The van der Waals surface area contributed by atoms with Gasteiger partial charge < -0.3 is 24.8 Å². The number of hydrogen-bond acceptors (Lipinski definition) is 10. The van der Waals surface area contributed by atoms with Crippen molar-refractivity contribution in [3.63, 3.8) is 0 Å². The number of hydrogen-bond donors (Lipinski definition) is 1. The maximum Gasteiger partial charge on any atom is 0.228 e. The number of morpholine rings is 1. The van der Waals surface area contributed by atoms with Crippen LogP contribution in [-0.4, -0.2) is 109 Å². The van der Waals surface area contributed by atoms with Gasteiger partial charge in [-0.2, -0.15) is 10.1 Å². The molecular weight excluding hydrogens is 448 g/mol. The van der Waals surface area contributed by atoms with Gasteiger partial charge in [-0.3, -0.25) is 14.5 Å². The molecule has 2 fully saturated rings. The number of nitrogen functional groups attached to an aromatic ring is 1. The second-order valence-corrected chi connectivity index (χ2v) is 8.93. The van der Waals surface area contributed by atoms with E-state index in [1.165, 1.54) is 0 Å². The fourth-order valence-corrected chi connectivity index (χ4v) is 4.72. The van der Waals surface area contributed by atoms with Crippen molar-refractivity contribution in [3.8, 4) is 22.8 Å². The molecule has 0 amide bonds.